The second-order valence-electron chi connectivity index (χ2n) is 7.83. The van der Waals surface area contributed by atoms with Crippen LogP contribution in [-0.2, 0) is 4.79 Å². The molecule has 0 radical (unpaired) electrons. The van der Waals surface area contributed by atoms with Crippen molar-refractivity contribution in [2.45, 2.75) is 20.8 Å². The maximum Gasteiger partial charge on any atom is 0.335 e. The van der Waals surface area contributed by atoms with Crippen LogP contribution in [0.4, 0.5) is 22.7 Å². The lowest BCUT2D eigenvalue weighted by molar-refractivity contribution is -0.114. The average Bonchev–Trinajstić information content (AvgIpc) is 3.08. The molecular formula is C26H24N4O3. The number of nitrogens with one attached hydrogen (secondary N) is 2. The van der Waals surface area contributed by atoms with Crippen LogP contribution in [-0.4, -0.2) is 22.7 Å². The van der Waals surface area contributed by atoms with Gasteiger partial charge in [0.1, 0.15) is 0 Å². The predicted molar refractivity (Wildman–Crippen MR) is 131 cm³/mol. The summed E-state index contributed by atoms with van der Waals surface area (Å²) < 4.78 is 0. The first-order valence-corrected chi connectivity index (χ1v) is 10.5. The number of aryl methyl sites for hydroxylation is 2. The Kier molecular flexibility index (Phi) is 5.95. The van der Waals surface area contributed by atoms with Crippen LogP contribution in [0.3, 0.4) is 0 Å². The van der Waals surface area contributed by atoms with Gasteiger partial charge in [-0.05, 0) is 74.4 Å². The summed E-state index contributed by atoms with van der Waals surface area (Å²) in [5.74, 6) is -1.19. The number of carbonyl (C=O) groups is 2. The van der Waals surface area contributed by atoms with Gasteiger partial charge in [0.25, 0.3) is 5.91 Å². The van der Waals surface area contributed by atoms with Gasteiger partial charge >= 0.3 is 5.97 Å². The molecule has 3 N–H and O–H groups in total. The van der Waals surface area contributed by atoms with Gasteiger partial charge in [0.05, 0.1) is 33.9 Å². The monoisotopic (exact) mass is 440 g/mol. The van der Waals surface area contributed by atoms with Crippen molar-refractivity contribution < 1.29 is 14.7 Å². The lowest BCUT2D eigenvalue weighted by Gasteiger charge is -2.14. The van der Waals surface area contributed by atoms with Crippen LogP contribution < -0.4 is 15.6 Å². The average molecular weight is 441 g/mol. The molecule has 33 heavy (non-hydrogen) atoms. The lowest BCUT2D eigenvalue weighted by Crippen LogP contribution is -2.22. The normalized spacial score (nSPS) is 14.4. The van der Waals surface area contributed by atoms with E-state index in [9.17, 15) is 14.7 Å². The third kappa shape index (κ3) is 4.62. The Morgan fingerprint density at radius 3 is 2.42 bits per heavy atom. The standard InChI is InChI=1S/C26H24N4O3/c1-16-11-12-21(13-17(16)2)30-25(31)22(18(3)29-30)15-27-23-9-4-5-10-24(23)28-20-8-6-7-19(14-20)26(32)33/h4-15,27-28H,1-3H3,(H,32,33)/b22-15-. The van der Waals surface area contributed by atoms with E-state index in [1.807, 2.05) is 56.3 Å². The highest BCUT2D eigenvalue weighted by Crippen LogP contribution is 2.28. The number of hydrogen-bond donors (Lipinski definition) is 3. The molecule has 3 aromatic carbocycles. The first-order valence-electron chi connectivity index (χ1n) is 10.5. The van der Waals surface area contributed by atoms with E-state index in [1.54, 1.807) is 31.3 Å². The Hall–Kier alpha value is -4.39. The van der Waals surface area contributed by atoms with Crippen molar-refractivity contribution in [1.29, 1.82) is 0 Å². The smallest absolute Gasteiger partial charge is 0.335 e. The first kappa shape index (κ1) is 21.8. The fraction of sp³-hybridized carbons (Fsp3) is 0.115. The molecule has 4 rings (SSSR count). The number of hydrazone groups is 1. The second-order valence-corrected chi connectivity index (χ2v) is 7.83. The van der Waals surface area contributed by atoms with E-state index in [1.165, 1.54) is 11.1 Å². The van der Waals surface area contributed by atoms with Gasteiger partial charge in [-0.2, -0.15) is 10.1 Å². The topological polar surface area (TPSA) is 94.0 Å². The van der Waals surface area contributed by atoms with Crippen molar-refractivity contribution in [1.82, 2.24) is 0 Å². The molecule has 0 atom stereocenters. The molecule has 0 bridgehead atoms. The molecule has 7 nitrogen and oxygen atoms in total. The van der Waals surface area contributed by atoms with E-state index in [2.05, 4.69) is 15.7 Å². The fourth-order valence-corrected chi connectivity index (χ4v) is 3.47. The molecule has 0 aromatic heterocycles. The van der Waals surface area contributed by atoms with Crippen LogP contribution in [0.15, 0.2) is 83.6 Å². The van der Waals surface area contributed by atoms with Gasteiger partial charge in [-0.25, -0.2) is 4.79 Å². The zero-order chi connectivity index (χ0) is 23.5. The van der Waals surface area contributed by atoms with E-state index < -0.39 is 5.97 Å². The van der Waals surface area contributed by atoms with Gasteiger partial charge in [0.2, 0.25) is 0 Å². The molecular weight excluding hydrogens is 416 g/mol. The highest BCUT2D eigenvalue weighted by Gasteiger charge is 2.29. The van der Waals surface area contributed by atoms with Crippen molar-refractivity contribution >= 4 is 40.3 Å². The zero-order valence-corrected chi connectivity index (χ0v) is 18.6. The van der Waals surface area contributed by atoms with Crippen LogP contribution in [0.2, 0.25) is 0 Å². The Morgan fingerprint density at radius 2 is 1.70 bits per heavy atom. The Labute approximate surface area is 192 Å². The maximum absolute atomic E-state index is 13.0. The molecule has 0 saturated carbocycles. The Morgan fingerprint density at radius 1 is 0.939 bits per heavy atom. The summed E-state index contributed by atoms with van der Waals surface area (Å²) in [7, 11) is 0. The predicted octanol–water partition coefficient (Wildman–Crippen LogP) is 5.46. The number of aromatic carboxylic acids is 1. The third-order valence-corrected chi connectivity index (χ3v) is 5.49. The van der Waals surface area contributed by atoms with Crippen molar-refractivity contribution in [2.24, 2.45) is 5.10 Å². The Bertz CT molecular complexity index is 1310. The van der Waals surface area contributed by atoms with Crippen LogP contribution in [0.25, 0.3) is 0 Å². The van der Waals surface area contributed by atoms with Crippen molar-refractivity contribution in [2.75, 3.05) is 15.6 Å². The molecule has 0 unspecified atom stereocenters. The number of rotatable bonds is 6. The number of carbonyl (C=O) groups excluding carboxylic acids is 1. The number of nitrogens with zero attached hydrogens (tertiary/aromatic N) is 2. The van der Waals surface area contributed by atoms with E-state index in [0.717, 1.165) is 28.2 Å². The van der Waals surface area contributed by atoms with Gasteiger partial charge in [0, 0.05) is 11.9 Å². The number of amides is 1. The fourth-order valence-electron chi connectivity index (χ4n) is 3.47. The van der Waals surface area contributed by atoms with Gasteiger partial charge < -0.3 is 15.7 Å². The summed E-state index contributed by atoms with van der Waals surface area (Å²) in [6.45, 7) is 5.83. The summed E-state index contributed by atoms with van der Waals surface area (Å²) >= 11 is 0. The first-order chi connectivity index (χ1) is 15.8. The minimum Gasteiger partial charge on any atom is -0.478 e. The SMILES string of the molecule is CC1=NN(c2ccc(C)c(C)c2)C(=O)/C1=C\Nc1ccccc1Nc1cccc(C(=O)O)c1. The lowest BCUT2D eigenvalue weighted by atomic mass is 10.1. The molecule has 166 valence electrons. The molecule has 7 heteroatoms. The van der Waals surface area contributed by atoms with Gasteiger partial charge in [-0.15, -0.1) is 0 Å². The highest BCUT2D eigenvalue weighted by atomic mass is 16.4. The zero-order valence-electron chi connectivity index (χ0n) is 18.6. The molecule has 0 saturated heterocycles. The molecule has 1 heterocycles. The number of carboxylic acids is 1. The summed E-state index contributed by atoms with van der Waals surface area (Å²) in [4.78, 5) is 24.3. The summed E-state index contributed by atoms with van der Waals surface area (Å²) in [6.07, 6.45) is 1.65. The van der Waals surface area contributed by atoms with Crippen LogP contribution >= 0.6 is 0 Å². The van der Waals surface area contributed by atoms with Crippen LogP contribution in [0.5, 0.6) is 0 Å². The van der Waals surface area contributed by atoms with Crippen molar-refractivity contribution in [3.63, 3.8) is 0 Å². The number of carboxylic acid groups (broad SMARTS) is 1. The number of para-hydroxylation sites is 2. The summed E-state index contributed by atoms with van der Waals surface area (Å²) in [5, 5.41) is 21.5. The molecule has 1 aliphatic heterocycles. The second kappa shape index (κ2) is 9.00. The van der Waals surface area contributed by atoms with Crippen molar-refractivity contribution in [3.05, 3.63) is 95.2 Å². The van der Waals surface area contributed by atoms with Gasteiger partial charge in [-0.1, -0.05) is 24.3 Å². The summed E-state index contributed by atoms with van der Waals surface area (Å²) in [6, 6.07) is 19.9. The van der Waals surface area contributed by atoms with E-state index >= 15 is 0 Å². The highest BCUT2D eigenvalue weighted by molar-refractivity contribution is 6.29. The van der Waals surface area contributed by atoms with E-state index in [0.29, 0.717) is 17.0 Å². The quantitative estimate of drug-likeness (QED) is 0.442. The van der Waals surface area contributed by atoms with Gasteiger partial charge in [0.15, 0.2) is 0 Å². The van der Waals surface area contributed by atoms with E-state index in [-0.39, 0.29) is 11.5 Å². The molecule has 1 aliphatic rings. The minimum atomic E-state index is -0.988. The number of benzene rings is 3. The molecule has 3 aromatic rings. The van der Waals surface area contributed by atoms with E-state index in [4.69, 9.17) is 0 Å². The third-order valence-electron chi connectivity index (χ3n) is 5.49. The molecule has 0 fully saturated rings. The van der Waals surface area contributed by atoms with Gasteiger partial charge in [-0.3, -0.25) is 4.79 Å². The molecule has 0 aliphatic carbocycles. The molecule has 0 spiro atoms. The largest absolute Gasteiger partial charge is 0.478 e. The van der Waals surface area contributed by atoms with Crippen LogP contribution in [0, 0.1) is 13.8 Å². The number of anilines is 4. The van der Waals surface area contributed by atoms with Crippen molar-refractivity contribution in [3.8, 4) is 0 Å². The Balaban J connectivity index is 1.55. The number of hydrogen-bond acceptors (Lipinski definition) is 5. The minimum absolute atomic E-state index is 0.197. The summed E-state index contributed by atoms with van der Waals surface area (Å²) in [5.41, 5.74) is 6.37. The maximum atomic E-state index is 13.0. The van der Waals surface area contributed by atoms with Crippen LogP contribution in [0.1, 0.15) is 28.4 Å². The molecule has 1 amide bonds.